The first-order valence-corrected chi connectivity index (χ1v) is 11.5. The molecular weight excluding hydrogens is 382 g/mol. The maximum Gasteiger partial charge on any atom is 0.0724 e. The van der Waals surface area contributed by atoms with Crippen molar-refractivity contribution >= 4 is 5.69 Å². The zero-order valence-electron chi connectivity index (χ0n) is 18.7. The first-order chi connectivity index (χ1) is 15.0. The Labute approximate surface area is 186 Å². The highest BCUT2D eigenvalue weighted by atomic mass is 16.3. The SMILES string of the molecule is CN(C)c1cccc(CC2=CC3C[C@@H](O)[C@H](/C=C/[C@H](O)CCc4ccccc4)[C@H]3C2)c1. The average Bonchev–Trinajstić information content (AvgIpc) is 3.27. The van der Waals surface area contributed by atoms with Crippen LogP contribution in [0.5, 0.6) is 0 Å². The number of aliphatic hydroxyl groups is 2. The van der Waals surface area contributed by atoms with Gasteiger partial charge in [-0.2, -0.15) is 0 Å². The maximum atomic E-state index is 10.6. The second kappa shape index (κ2) is 9.84. The number of benzene rings is 2. The third-order valence-corrected chi connectivity index (χ3v) is 6.94. The fraction of sp³-hybridized carbons (Fsp3) is 0.429. The van der Waals surface area contributed by atoms with Crippen molar-refractivity contribution < 1.29 is 10.2 Å². The number of fused-ring (bicyclic) bond motifs is 1. The molecule has 0 bridgehead atoms. The number of aliphatic hydroxyl groups excluding tert-OH is 2. The van der Waals surface area contributed by atoms with Gasteiger partial charge in [0.2, 0.25) is 0 Å². The van der Waals surface area contributed by atoms with Crippen LogP contribution in [-0.4, -0.2) is 36.5 Å². The van der Waals surface area contributed by atoms with Gasteiger partial charge in [0.1, 0.15) is 0 Å². The smallest absolute Gasteiger partial charge is 0.0724 e. The summed E-state index contributed by atoms with van der Waals surface area (Å²) in [7, 11) is 4.15. The Hall–Kier alpha value is -2.36. The van der Waals surface area contributed by atoms with Gasteiger partial charge in [0.05, 0.1) is 12.2 Å². The van der Waals surface area contributed by atoms with Crippen LogP contribution in [0.1, 0.15) is 30.4 Å². The maximum absolute atomic E-state index is 10.6. The Bertz CT molecular complexity index is 918. The minimum absolute atomic E-state index is 0.137. The Kier molecular flexibility index (Phi) is 6.94. The van der Waals surface area contributed by atoms with Gasteiger partial charge in [-0.3, -0.25) is 0 Å². The third kappa shape index (κ3) is 5.47. The van der Waals surface area contributed by atoms with Crippen LogP contribution in [0.4, 0.5) is 5.69 Å². The lowest BCUT2D eigenvalue weighted by Crippen LogP contribution is -2.18. The van der Waals surface area contributed by atoms with Crippen molar-refractivity contribution in [2.45, 2.75) is 44.3 Å². The van der Waals surface area contributed by atoms with Crippen LogP contribution in [-0.2, 0) is 12.8 Å². The van der Waals surface area contributed by atoms with Crippen molar-refractivity contribution in [3.8, 4) is 0 Å². The molecule has 2 aliphatic rings. The largest absolute Gasteiger partial charge is 0.392 e. The molecule has 5 atom stereocenters. The number of hydrogen-bond acceptors (Lipinski definition) is 3. The summed E-state index contributed by atoms with van der Waals surface area (Å²) in [5, 5.41) is 21.1. The van der Waals surface area contributed by atoms with Crippen molar-refractivity contribution in [1.82, 2.24) is 0 Å². The normalized spacial score (nSPS) is 26.1. The molecule has 0 amide bonds. The van der Waals surface area contributed by atoms with Crippen LogP contribution in [0.25, 0.3) is 0 Å². The molecule has 1 unspecified atom stereocenters. The summed E-state index contributed by atoms with van der Waals surface area (Å²) in [4.78, 5) is 2.14. The molecule has 0 saturated heterocycles. The van der Waals surface area contributed by atoms with Crippen LogP contribution in [0.2, 0.25) is 0 Å². The first-order valence-electron chi connectivity index (χ1n) is 11.5. The quantitative estimate of drug-likeness (QED) is 0.607. The summed E-state index contributed by atoms with van der Waals surface area (Å²) in [6.45, 7) is 0. The summed E-state index contributed by atoms with van der Waals surface area (Å²) < 4.78 is 0. The van der Waals surface area contributed by atoms with Gasteiger partial charge in [-0.25, -0.2) is 0 Å². The molecule has 3 nitrogen and oxygen atoms in total. The van der Waals surface area contributed by atoms with Crippen molar-refractivity contribution in [2.24, 2.45) is 17.8 Å². The summed E-state index contributed by atoms with van der Waals surface area (Å²) in [5.74, 6) is 1.05. The van der Waals surface area contributed by atoms with E-state index in [1.807, 2.05) is 24.3 Å². The molecule has 2 aromatic carbocycles. The van der Waals surface area contributed by atoms with Gasteiger partial charge < -0.3 is 15.1 Å². The molecule has 164 valence electrons. The minimum atomic E-state index is -0.464. The van der Waals surface area contributed by atoms with Gasteiger partial charge in [0.15, 0.2) is 0 Å². The molecule has 0 aliphatic heterocycles. The van der Waals surface area contributed by atoms with Crippen LogP contribution >= 0.6 is 0 Å². The van der Waals surface area contributed by atoms with E-state index in [0.29, 0.717) is 18.3 Å². The molecule has 4 rings (SSSR count). The third-order valence-electron chi connectivity index (χ3n) is 6.94. The lowest BCUT2D eigenvalue weighted by molar-refractivity contribution is 0.140. The molecular formula is C28H35NO2. The van der Waals surface area contributed by atoms with E-state index >= 15 is 0 Å². The molecule has 0 radical (unpaired) electrons. The van der Waals surface area contributed by atoms with Gasteiger partial charge in [-0.05, 0) is 67.2 Å². The number of hydrogen-bond donors (Lipinski definition) is 2. The Morgan fingerprint density at radius 1 is 1.06 bits per heavy atom. The predicted molar refractivity (Wildman–Crippen MR) is 128 cm³/mol. The molecule has 2 aliphatic carbocycles. The molecule has 1 saturated carbocycles. The van der Waals surface area contributed by atoms with Crippen molar-refractivity contribution in [2.75, 3.05) is 19.0 Å². The molecule has 0 aromatic heterocycles. The molecule has 3 heteroatoms. The highest BCUT2D eigenvalue weighted by Gasteiger charge is 2.43. The monoisotopic (exact) mass is 417 g/mol. The number of anilines is 1. The average molecular weight is 418 g/mol. The van der Waals surface area contributed by atoms with E-state index in [0.717, 1.165) is 25.7 Å². The van der Waals surface area contributed by atoms with E-state index in [2.05, 4.69) is 67.5 Å². The molecule has 2 N–H and O–H groups in total. The van der Waals surface area contributed by atoms with Crippen LogP contribution in [0.3, 0.4) is 0 Å². The van der Waals surface area contributed by atoms with Gasteiger partial charge in [0, 0.05) is 25.7 Å². The number of aryl methyl sites for hydroxylation is 1. The van der Waals surface area contributed by atoms with Crippen molar-refractivity contribution in [1.29, 1.82) is 0 Å². The van der Waals surface area contributed by atoms with Gasteiger partial charge >= 0.3 is 0 Å². The summed E-state index contributed by atoms with van der Waals surface area (Å²) >= 11 is 0. The molecule has 0 spiro atoms. The predicted octanol–water partition coefficient (Wildman–Crippen LogP) is 4.79. The highest BCUT2D eigenvalue weighted by Crippen LogP contribution is 2.48. The zero-order valence-corrected chi connectivity index (χ0v) is 18.7. The first kappa shape index (κ1) is 21.9. The standard InChI is InChI=1S/C28H35NO2/c1-29(2)24-10-6-9-21(17-24)15-22-16-23-19-28(31)26(27(23)18-22)14-13-25(30)12-11-20-7-4-3-5-8-20/h3-10,13-14,16-17,23,25-28,30-31H,11-12,15,18-19H2,1-2H3/b14-13+/t23?,25-,26-,27+,28-/m1/s1. The lowest BCUT2D eigenvalue weighted by Gasteiger charge is -2.19. The number of allylic oxidation sites excluding steroid dienone is 2. The van der Waals surface area contributed by atoms with Gasteiger partial charge in [-0.1, -0.05) is 66.3 Å². The topological polar surface area (TPSA) is 43.7 Å². The Balaban J connectivity index is 1.33. The van der Waals surface area contributed by atoms with Crippen molar-refractivity contribution in [3.63, 3.8) is 0 Å². The fourth-order valence-corrected chi connectivity index (χ4v) is 5.26. The zero-order chi connectivity index (χ0) is 21.8. The summed E-state index contributed by atoms with van der Waals surface area (Å²) in [6.07, 6.45) is 10.1. The Morgan fingerprint density at radius 3 is 2.61 bits per heavy atom. The summed E-state index contributed by atoms with van der Waals surface area (Å²) in [5.41, 5.74) is 5.32. The van der Waals surface area contributed by atoms with Crippen LogP contribution in [0, 0.1) is 17.8 Å². The molecule has 0 heterocycles. The second-order valence-corrected chi connectivity index (χ2v) is 9.45. The van der Waals surface area contributed by atoms with E-state index in [9.17, 15) is 10.2 Å². The van der Waals surface area contributed by atoms with E-state index < -0.39 is 6.10 Å². The van der Waals surface area contributed by atoms with E-state index in [4.69, 9.17) is 0 Å². The van der Waals surface area contributed by atoms with Gasteiger partial charge in [0.25, 0.3) is 0 Å². The number of nitrogens with zero attached hydrogens (tertiary/aromatic N) is 1. The van der Waals surface area contributed by atoms with Crippen LogP contribution in [0.15, 0.2) is 78.4 Å². The summed E-state index contributed by atoms with van der Waals surface area (Å²) in [6, 6.07) is 19.0. The van der Waals surface area contributed by atoms with E-state index in [1.54, 1.807) is 0 Å². The van der Waals surface area contributed by atoms with E-state index in [-0.39, 0.29) is 12.0 Å². The fourth-order valence-electron chi connectivity index (χ4n) is 5.26. The minimum Gasteiger partial charge on any atom is -0.392 e. The highest BCUT2D eigenvalue weighted by molar-refractivity contribution is 5.48. The lowest BCUT2D eigenvalue weighted by atomic mass is 9.88. The molecule has 31 heavy (non-hydrogen) atoms. The van der Waals surface area contributed by atoms with Crippen molar-refractivity contribution in [3.05, 3.63) is 89.5 Å². The number of rotatable bonds is 8. The second-order valence-electron chi connectivity index (χ2n) is 9.45. The Morgan fingerprint density at radius 2 is 1.84 bits per heavy atom. The van der Waals surface area contributed by atoms with Crippen LogP contribution < -0.4 is 4.90 Å². The van der Waals surface area contributed by atoms with E-state index in [1.165, 1.54) is 22.4 Å². The molecule has 2 aromatic rings. The van der Waals surface area contributed by atoms with Gasteiger partial charge in [-0.15, -0.1) is 0 Å². The molecule has 1 fully saturated rings.